The molecule has 2 heterocycles. The van der Waals surface area contributed by atoms with Gasteiger partial charge in [-0.05, 0) is 36.2 Å². The maximum atomic E-state index is 12.4. The molecule has 0 atom stereocenters. The highest BCUT2D eigenvalue weighted by atomic mass is 32.1. The number of ether oxygens (including phenoxy) is 1. The van der Waals surface area contributed by atoms with Crippen molar-refractivity contribution in [1.29, 1.82) is 0 Å². The van der Waals surface area contributed by atoms with E-state index in [0.717, 1.165) is 16.3 Å². The molecular formula is C21H20N6O3S. The van der Waals surface area contributed by atoms with Crippen LogP contribution in [0.3, 0.4) is 0 Å². The van der Waals surface area contributed by atoms with Crippen molar-refractivity contribution < 1.29 is 9.53 Å². The predicted octanol–water partition coefficient (Wildman–Crippen LogP) is 2.66. The number of nitrogens with zero attached hydrogens (tertiary/aromatic N) is 5. The van der Waals surface area contributed by atoms with Crippen LogP contribution in [0.4, 0.5) is 5.13 Å². The SMILES string of the molecule is COc1ccc(Cc2nnc(NC(=O)CCCn3nnc4ccccc4c3=O)s2)cc1. The second kappa shape index (κ2) is 9.43. The van der Waals surface area contributed by atoms with Gasteiger partial charge in [0.2, 0.25) is 11.0 Å². The zero-order chi connectivity index (χ0) is 21.6. The van der Waals surface area contributed by atoms with Gasteiger partial charge < -0.3 is 10.1 Å². The summed E-state index contributed by atoms with van der Waals surface area (Å²) in [5, 5.41) is 20.7. The third-order valence-electron chi connectivity index (χ3n) is 4.63. The van der Waals surface area contributed by atoms with Gasteiger partial charge in [-0.3, -0.25) is 9.59 Å². The molecule has 4 rings (SSSR count). The van der Waals surface area contributed by atoms with Crippen molar-refractivity contribution in [2.75, 3.05) is 12.4 Å². The number of aryl methyl sites for hydroxylation is 1. The van der Waals surface area contributed by atoms with Gasteiger partial charge in [-0.25, -0.2) is 4.68 Å². The third kappa shape index (κ3) is 5.10. The summed E-state index contributed by atoms with van der Waals surface area (Å²) < 4.78 is 6.44. The van der Waals surface area contributed by atoms with Crippen LogP contribution in [-0.4, -0.2) is 38.2 Å². The molecule has 0 saturated heterocycles. The second-order valence-corrected chi connectivity index (χ2v) is 7.87. The number of anilines is 1. The molecule has 2 aromatic heterocycles. The average molecular weight is 436 g/mol. The Bertz CT molecular complexity index is 1250. The van der Waals surface area contributed by atoms with Crippen molar-refractivity contribution in [2.24, 2.45) is 0 Å². The maximum absolute atomic E-state index is 12.4. The highest BCUT2D eigenvalue weighted by Gasteiger charge is 2.10. The van der Waals surface area contributed by atoms with Crippen LogP contribution < -0.4 is 15.6 Å². The molecule has 1 N–H and O–H groups in total. The van der Waals surface area contributed by atoms with Gasteiger partial charge >= 0.3 is 0 Å². The Morgan fingerprint density at radius 1 is 1.10 bits per heavy atom. The molecule has 0 aliphatic carbocycles. The smallest absolute Gasteiger partial charge is 0.277 e. The third-order valence-corrected chi connectivity index (χ3v) is 5.47. The lowest BCUT2D eigenvalue weighted by Crippen LogP contribution is -2.25. The van der Waals surface area contributed by atoms with Crippen LogP contribution in [0.1, 0.15) is 23.4 Å². The Balaban J connectivity index is 1.28. The molecule has 158 valence electrons. The van der Waals surface area contributed by atoms with Gasteiger partial charge in [-0.1, -0.05) is 40.8 Å². The normalized spacial score (nSPS) is 10.9. The molecule has 31 heavy (non-hydrogen) atoms. The Morgan fingerprint density at radius 3 is 2.71 bits per heavy atom. The summed E-state index contributed by atoms with van der Waals surface area (Å²) in [5.74, 6) is 0.611. The minimum absolute atomic E-state index is 0.186. The molecule has 4 aromatic rings. The predicted molar refractivity (Wildman–Crippen MR) is 117 cm³/mol. The fourth-order valence-corrected chi connectivity index (χ4v) is 3.82. The number of benzene rings is 2. The van der Waals surface area contributed by atoms with E-state index in [2.05, 4.69) is 25.8 Å². The number of rotatable bonds is 8. The molecule has 0 aliphatic heterocycles. The van der Waals surface area contributed by atoms with Gasteiger partial charge in [0.15, 0.2) is 0 Å². The summed E-state index contributed by atoms with van der Waals surface area (Å²) in [6, 6.07) is 14.8. The zero-order valence-electron chi connectivity index (χ0n) is 16.8. The zero-order valence-corrected chi connectivity index (χ0v) is 17.6. The lowest BCUT2D eigenvalue weighted by atomic mass is 10.1. The van der Waals surface area contributed by atoms with Crippen LogP contribution in [0, 0.1) is 0 Å². The summed E-state index contributed by atoms with van der Waals surface area (Å²) in [7, 11) is 1.63. The van der Waals surface area contributed by atoms with Crippen LogP contribution in [0.2, 0.25) is 0 Å². The minimum Gasteiger partial charge on any atom is -0.497 e. The standard InChI is InChI=1S/C21H20N6O3S/c1-30-15-10-8-14(9-11-15)13-19-24-25-21(31-19)22-18(28)7-4-12-27-20(29)16-5-2-3-6-17(16)23-26-27/h2-3,5-6,8-11H,4,7,12-13H2,1H3,(H,22,25,28). The van der Waals surface area contributed by atoms with Crippen molar-refractivity contribution in [3.05, 3.63) is 69.5 Å². The number of methoxy groups -OCH3 is 1. The molecule has 10 heteroatoms. The molecule has 0 unspecified atom stereocenters. The molecule has 1 amide bonds. The highest BCUT2D eigenvalue weighted by molar-refractivity contribution is 7.15. The first-order chi connectivity index (χ1) is 15.1. The Kier molecular flexibility index (Phi) is 6.27. The van der Waals surface area contributed by atoms with Crippen molar-refractivity contribution in [3.8, 4) is 5.75 Å². The van der Waals surface area contributed by atoms with Gasteiger partial charge in [0.25, 0.3) is 5.56 Å². The Hall–Kier alpha value is -3.66. The Labute approximate surface area is 181 Å². The van der Waals surface area contributed by atoms with E-state index in [1.807, 2.05) is 24.3 Å². The topological polar surface area (TPSA) is 112 Å². The van der Waals surface area contributed by atoms with E-state index in [1.54, 1.807) is 31.4 Å². The molecule has 0 bridgehead atoms. The quantitative estimate of drug-likeness (QED) is 0.452. The molecule has 0 radical (unpaired) electrons. The van der Waals surface area contributed by atoms with Crippen LogP contribution in [0.15, 0.2) is 53.3 Å². The first-order valence-corrected chi connectivity index (χ1v) is 10.5. The molecule has 0 aliphatic rings. The fourth-order valence-electron chi connectivity index (χ4n) is 3.03. The van der Waals surface area contributed by atoms with E-state index in [9.17, 15) is 9.59 Å². The summed E-state index contributed by atoms with van der Waals surface area (Å²) in [6.45, 7) is 0.308. The molecule has 9 nitrogen and oxygen atoms in total. The number of aromatic nitrogens is 5. The van der Waals surface area contributed by atoms with E-state index in [1.165, 1.54) is 16.0 Å². The van der Waals surface area contributed by atoms with Crippen LogP contribution >= 0.6 is 11.3 Å². The van der Waals surface area contributed by atoms with E-state index in [-0.39, 0.29) is 17.9 Å². The van der Waals surface area contributed by atoms with E-state index < -0.39 is 0 Å². The summed E-state index contributed by atoms with van der Waals surface area (Å²) in [6.07, 6.45) is 1.31. The number of hydrogen-bond donors (Lipinski definition) is 1. The average Bonchev–Trinajstić information content (AvgIpc) is 3.22. The van der Waals surface area contributed by atoms with E-state index >= 15 is 0 Å². The summed E-state index contributed by atoms with van der Waals surface area (Å²) in [5.41, 5.74) is 1.43. The van der Waals surface area contributed by atoms with Gasteiger partial charge in [0.1, 0.15) is 16.3 Å². The largest absolute Gasteiger partial charge is 0.497 e. The maximum Gasteiger partial charge on any atom is 0.277 e. The minimum atomic E-state index is -0.210. The highest BCUT2D eigenvalue weighted by Crippen LogP contribution is 2.20. The van der Waals surface area contributed by atoms with Crippen molar-refractivity contribution >= 4 is 33.3 Å². The van der Waals surface area contributed by atoms with Crippen molar-refractivity contribution in [2.45, 2.75) is 25.8 Å². The summed E-state index contributed by atoms with van der Waals surface area (Å²) in [4.78, 5) is 24.6. The molecular weight excluding hydrogens is 416 g/mol. The van der Waals surface area contributed by atoms with Crippen molar-refractivity contribution in [3.63, 3.8) is 0 Å². The first kappa shape index (κ1) is 20.6. The van der Waals surface area contributed by atoms with Crippen molar-refractivity contribution in [1.82, 2.24) is 25.2 Å². The number of carbonyl (C=O) groups is 1. The number of amides is 1. The first-order valence-electron chi connectivity index (χ1n) is 9.70. The molecule has 0 fully saturated rings. The lowest BCUT2D eigenvalue weighted by Gasteiger charge is -2.04. The number of hydrogen-bond acceptors (Lipinski definition) is 8. The van der Waals surface area contributed by atoms with Crippen LogP contribution in [0.5, 0.6) is 5.75 Å². The molecule has 0 spiro atoms. The second-order valence-electron chi connectivity index (χ2n) is 6.81. The number of carbonyl (C=O) groups excluding carboxylic acids is 1. The monoisotopic (exact) mass is 436 g/mol. The molecule has 2 aromatic carbocycles. The van der Waals surface area contributed by atoms with Gasteiger partial charge in [0, 0.05) is 19.4 Å². The number of fused-ring (bicyclic) bond motifs is 1. The summed E-state index contributed by atoms with van der Waals surface area (Å²) >= 11 is 1.34. The fraction of sp³-hybridized carbons (Fsp3) is 0.238. The van der Waals surface area contributed by atoms with Gasteiger partial charge in [-0.15, -0.1) is 15.3 Å². The van der Waals surface area contributed by atoms with Gasteiger partial charge in [-0.2, -0.15) is 0 Å². The number of nitrogens with one attached hydrogen (secondary N) is 1. The van der Waals surface area contributed by atoms with Crippen LogP contribution in [-0.2, 0) is 17.8 Å². The van der Waals surface area contributed by atoms with E-state index in [4.69, 9.17) is 4.74 Å². The van der Waals surface area contributed by atoms with Gasteiger partial charge in [0.05, 0.1) is 12.5 Å². The Morgan fingerprint density at radius 2 is 1.90 bits per heavy atom. The van der Waals surface area contributed by atoms with E-state index in [0.29, 0.717) is 35.4 Å². The molecule has 0 saturated carbocycles. The lowest BCUT2D eigenvalue weighted by molar-refractivity contribution is -0.116. The van der Waals surface area contributed by atoms with Crippen LogP contribution in [0.25, 0.3) is 10.9 Å².